The van der Waals surface area contributed by atoms with E-state index in [1.807, 2.05) is 49.4 Å². The van der Waals surface area contributed by atoms with E-state index in [0.29, 0.717) is 36.1 Å². The van der Waals surface area contributed by atoms with Gasteiger partial charge in [-0.05, 0) is 55.5 Å². The summed E-state index contributed by atoms with van der Waals surface area (Å²) in [5.41, 5.74) is 4.87. The van der Waals surface area contributed by atoms with Gasteiger partial charge in [-0.3, -0.25) is 9.78 Å². The van der Waals surface area contributed by atoms with Crippen LogP contribution in [0.1, 0.15) is 39.9 Å². The molecular weight excluding hydrogens is 376 g/mol. The maximum absolute atomic E-state index is 13.0. The fourth-order valence-electron chi connectivity index (χ4n) is 3.28. The zero-order valence-corrected chi connectivity index (χ0v) is 17.1. The minimum absolute atomic E-state index is 0.113. The van der Waals surface area contributed by atoms with E-state index in [2.05, 4.69) is 10.3 Å². The standard InChI is InChI=1S/C25H26N2O3/c1-17-4-6-18(7-5-17)14-27-25(29)22-13-20(24-21(15-28)3-2-12-26-24)10-11-23(22)30-16-19-8-9-19/h2-7,10-13,19,28H,8-9,14-16H2,1H3,(H,27,29). The summed E-state index contributed by atoms with van der Waals surface area (Å²) in [5.74, 6) is 0.975. The number of rotatable bonds is 8. The minimum Gasteiger partial charge on any atom is -0.492 e. The number of carbonyl (C=O) groups is 1. The van der Waals surface area contributed by atoms with Crippen LogP contribution in [0, 0.1) is 12.8 Å². The molecule has 0 bridgehead atoms. The molecule has 1 saturated carbocycles. The summed E-state index contributed by atoms with van der Waals surface area (Å²) in [7, 11) is 0. The Morgan fingerprint density at radius 2 is 1.97 bits per heavy atom. The summed E-state index contributed by atoms with van der Waals surface area (Å²) in [5, 5.41) is 12.6. The summed E-state index contributed by atoms with van der Waals surface area (Å²) in [6.07, 6.45) is 4.05. The van der Waals surface area contributed by atoms with E-state index < -0.39 is 0 Å². The Kier molecular flexibility index (Phi) is 6.10. The van der Waals surface area contributed by atoms with Crippen LogP contribution in [0.4, 0.5) is 0 Å². The largest absolute Gasteiger partial charge is 0.492 e. The maximum atomic E-state index is 13.0. The zero-order chi connectivity index (χ0) is 20.9. The Hall–Kier alpha value is -3.18. The second-order valence-corrected chi connectivity index (χ2v) is 7.80. The quantitative estimate of drug-likeness (QED) is 0.590. The summed E-state index contributed by atoms with van der Waals surface area (Å²) < 4.78 is 5.97. The molecule has 2 N–H and O–H groups in total. The molecule has 1 aliphatic carbocycles. The number of hydrogen-bond acceptors (Lipinski definition) is 4. The predicted octanol–water partition coefficient (Wildman–Crippen LogP) is 4.27. The Morgan fingerprint density at radius 1 is 1.17 bits per heavy atom. The molecule has 5 heteroatoms. The van der Waals surface area contributed by atoms with Gasteiger partial charge in [-0.25, -0.2) is 0 Å². The SMILES string of the molecule is Cc1ccc(CNC(=O)c2cc(-c3ncccc3CO)ccc2OCC2CC2)cc1. The molecule has 0 saturated heterocycles. The number of aliphatic hydroxyl groups is 1. The predicted molar refractivity (Wildman–Crippen MR) is 116 cm³/mol. The molecule has 154 valence electrons. The van der Waals surface area contributed by atoms with Gasteiger partial charge in [0.2, 0.25) is 0 Å². The molecule has 5 nitrogen and oxygen atoms in total. The van der Waals surface area contributed by atoms with Gasteiger partial charge in [-0.1, -0.05) is 35.9 Å². The smallest absolute Gasteiger partial charge is 0.255 e. The molecule has 0 radical (unpaired) electrons. The van der Waals surface area contributed by atoms with E-state index in [4.69, 9.17) is 4.74 Å². The van der Waals surface area contributed by atoms with Crippen molar-refractivity contribution in [3.8, 4) is 17.0 Å². The monoisotopic (exact) mass is 402 g/mol. The molecule has 0 spiro atoms. The van der Waals surface area contributed by atoms with E-state index in [1.54, 1.807) is 18.3 Å². The van der Waals surface area contributed by atoms with Gasteiger partial charge in [0.1, 0.15) is 5.75 Å². The Balaban J connectivity index is 1.59. The number of hydrogen-bond donors (Lipinski definition) is 2. The van der Waals surface area contributed by atoms with E-state index in [9.17, 15) is 9.90 Å². The topological polar surface area (TPSA) is 71.5 Å². The van der Waals surface area contributed by atoms with Gasteiger partial charge in [0, 0.05) is 23.9 Å². The lowest BCUT2D eigenvalue weighted by molar-refractivity contribution is 0.0946. The van der Waals surface area contributed by atoms with Crippen LogP contribution in [-0.4, -0.2) is 22.6 Å². The van der Waals surface area contributed by atoms with Crippen LogP contribution in [0.2, 0.25) is 0 Å². The van der Waals surface area contributed by atoms with Gasteiger partial charge in [0.15, 0.2) is 0 Å². The lowest BCUT2D eigenvalue weighted by atomic mass is 10.0. The lowest BCUT2D eigenvalue weighted by Crippen LogP contribution is -2.23. The van der Waals surface area contributed by atoms with Crippen molar-refractivity contribution in [3.05, 3.63) is 83.0 Å². The van der Waals surface area contributed by atoms with Crippen molar-refractivity contribution in [1.29, 1.82) is 0 Å². The molecule has 0 unspecified atom stereocenters. The number of nitrogens with zero attached hydrogens (tertiary/aromatic N) is 1. The molecule has 0 aliphatic heterocycles. The fraction of sp³-hybridized carbons (Fsp3) is 0.280. The summed E-state index contributed by atoms with van der Waals surface area (Å²) in [6.45, 7) is 2.99. The van der Waals surface area contributed by atoms with Crippen LogP contribution >= 0.6 is 0 Å². The number of pyridine rings is 1. The Labute approximate surface area is 176 Å². The van der Waals surface area contributed by atoms with E-state index in [-0.39, 0.29) is 12.5 Å². The maximum Gasteiger partial charge on any atom is 0.255 e. The molecule has 4 rings (SSSR count). The molecule has 1 fully saturated rings. The molecule has 1 heterocycles. The molecule has 2 aromatic carbocycles. The Morgan fingerprint density at radius 3 is 2.70 bits per heavy atom. The van der Waals surface area contributed by atoms with Gasteiger partial charge in [-0.15, -0.1) is 0 Å². The van der Waals surface area contributed by atoms with Gasteiger partial charge in [0.05, 0.1) is 24.5 Å². The number of aryl methyl sites for hydroxylation is 1. The number of aromatic nitrogens is 1. The first-order chi connectivity index (χ1) is 14.6. The third kappa shape index (κ3) is 4.86. The number of aliphatic hydroxyl groups excluding tert-OH is 1. The molecule has 1 aliphatic rings. The van der Waals surface area contributed by atoms with Gasteiger partial charge < -0.3 is 15.2 Å². The molecule has 1 aromatic heterocycles. The molecular formula is C25H26N2O3. The fourth-order valence-corrected chi connectivity index (χ4v) is 3.28. The number of amides is 1. The third-order valence-electron chi connectivity index (χ3n) is 5.30. The average molecular weight is 402 g/mol. The summed E-state index contributed by atoms with van der Waals surface area (Å²) in [6, 6.07) is 17.2. The summed E-state index contributed by atoms with van der Waals surface area (Å²) >= 11 is 0. The van der Waals surface area contributed by atoms with Crippen molar-refractivity contribution in [2.75, 3.05) is 6.61 Å². The highest BCUT2D eigenvalue weighted by molar-refractivity contribution is 5.98. The zero-order valence-electron chi connectivity index (χ0n) is 17.1. The molecule has 30 heavy (non-hydrogen) atoms. The van der Waals surface area contributed by atoms with Crippen LogP contribution in [0.25, 0.3) is 11.3 Å². The lowest BCUT2D eigenvalue weighted by Gasteiger charge is -2.14. The van der Waals surface area contributed by atoms with Crippen molar-refractivity contribution in [2.45, 2.75) is 32.9 Å². The van der Waals surface area contributed by atoms with Crippen molar-refractivity contribution in [1.82, 2.24) is 10.3 Å². The van der Waals surface area contributed by atoms with Crippen LogP contribution in [-0.2, 0) is 13.2 Å². The van der Waals surface area contributed by atoms with Crippen molar-refractivity contribution in [2.24, 2.45) is 5.92 Å². The highest BCUT2D eigenvalue weighted by atomic mass is 16.5. The normalized spacial score (nSPS) is 13.1. The molecule has 1 amide bonds. The number of carbonyl (C=O) groups excluding carboxylic acids is 1. The van der Waals surface area contributed by atoms with Crippen LogP contribution in [0.3, 0.4) is 0 Å². The number of ether oxygens (including phenoxy) is 1. The van der Waals surface area contributed by atoms with Crippen LogP contribution in [0.5, 0.6) is 5.75 Å². The first kappa shape index (κ1) is 20.1. The first-order valence-electron chi connectivity index (χ1n) is 10.3. The average Bonchev–Trinajstić information content (AvgIpc) is 3.61. The van der Waals surface area contributed by atoms with Crippen LogP contribution in [0.15, 0.2) is 60.8 Å². The Bertz CT molecular complexity index is 1030. The second-order valence-electron chi connectivity index (χ2n) is 7.80. The van der Waals surface area contributed by atoms with Crippen molar-refractivity contribution >= 4 is 5.91 Å². The summed E-state index contributed by atoms with van der Waals surface area (Å²) in [4.78, 5) is 17.4. The van der Waals surface area contributed by atoms with E-state index >= 15 is 0 Å². The van der Waals surface area contributed by atoms with Crippen LogP contribution < -0.4 is 10.1 Å². The van der Waals surface area contributed by atoms with Crippen molar-refractivity contribution < 1.29 is 14.6 Å². The highest BCUT2D eigenvalue weighted by Crippen LogP contribution is 2.32. The highest BCUT2D eigenvalue weighted by Gasteiger charge is 2.23. The molecule has 3 aromatic rings. The second kappa shape index (κ2) is 9.09. The van der Waals surface area contributed by atoms with Gasteiger partial charge in [0.25, 0.3) is 5.91 Å². The van der Waals surface area contributed by atoms with Gasteiger partial charge >= 0.3 is 0 Å². The first-order valence-corrected chi connectivity index (χ1v) is 10.3. The molecule has 0 atom stereocenters. The van der Waals surface area contributed by atoms with Gasteiger partial charge in [-0.2, -0.15) is 0 Å². The minimum atomic E-state index is -0.190. The number of benzene rings is 2. The third-order valence-corrected chi connectivity index (χ3v) is 5.30. The number of nitrogens with one attached hydrogen (secondary N) is 1. The van der Waals surface area contributed by atoms with E-state index in [0.717, 1.165) is 16.7 Å². The van der Waals surface area contributed by atoms with Crippen molar-refractivity contribution in [3.63, 3.8) is 0 Å². The van der Waals surface area contributed by atoms with E-state index in [1.165, 1.54) is 18.4 Å².